The molecule has 1 aromatic carbocycles. The number of nitrogens with one attached hydrogen (secondary N) is 1. The van der Waals surface area contributed by atoms with Crippen molar-refractivity contribution < 1.29 is 0 Å². The minimum Gasteiger partial charge on any atom is -0.335 e. The van der Waals surface area contributed by atoms with Crippen molar-refractivity contribution in [2.75, 3.05) is 6.54 Å². The van der Waals surface area contributed by atoms with Crippen LogP contribution in [0.2, 0.25) is 5.02 Å². The molecular formula is C15H19BrClN3. The zero-order valence-corrected chi connectivity index (χ0v) is 14.1. The van der Waals surface area contributed by atoms with Crippen LogP contribution < -0.4 is 5.32 Å². The molecule has 108 valence electrons. The number of hydrogen-bond acceptors (Lipinski definition) is 2. The summed E-state index contributed by atoms with van der Waals surface area (Å²) >= 11 is 9.66. The fraction of sp³-hybridized carbons (Fsp3) is 0.400. The lowest BCUT2D eigenvalue weighted by molar-refractivity contribution is 0.522. The summed E-state index contributed by atoms with van der Waals surface area (Å²) in [5.74, 6) is 1.09. The van der Waals surface area contributed by atoms with Gasteiger partial charge in [-0.05, 0) is 37.2 Å². The van der Waals surface area contributed by atoms with E-state index in [4.69, 9.17) is 11.6 Å². The van der Waals surface area contributed by atoms with Crippen LogP contribution in [0, 0.1) is 0 Å². The molecule has 2 aromatic rings. The van der Waals surface area contributed by atoms with E-state index in [0.717, 1.165) is 34.8 Å². The fourth-order valence-electron chi connectivity index (χ4n) is 2.33. The molecule has 0 bridgehead atoms. The molecule has 5 heteroatoms. The van der Waals surface area contributed by atoms with Gasteiger partial charge in [0.05, 0.1) is 0 Å². The average Bonchev–Trinajstić information content (AvgIpc) is 2.84. The molecule has 1 aromatic heterocycles. The number of benzene rings is 1. The minimum absolute atomic E-state index is 0.211. The smallest absolute Gasteiger partial charge is 0.110 e. The summed E-state index contributed by atoms with van der Waals surface area (Å²) in [4.78, 5) is 4.46. The number of imidazole rings is 1. The highest BCUT2D eigenvalue weighted by Gasteiger charge is 2.15. The van der Waals surface area contributed by atoms with E-state index >= 15 is 0 Å². The van der Waals surface area contributed by atoms with Crippen LogP contribution in [0.25, 0.3) is 0 Å². The Bertz CT molecular complexity index is 548. The molecule has 0 amide bonds. The molecule has 0 saturated heterocycles. The van der Waals surface area contributed by atoms with Gasteiger partial charge in [0.25, 0.3) is 0 Å². The van der Waals surface area contributed by atoms with Crippen molar-refractivity contribution in [3.05, 3.63) is 51.5 Å². The lowest BCUT2D eigenvalue weighted by atomic mass is 10.0. The molecule has 0 fully saturated rings. The van der Waals surface area contributed by atoms with Crippen molar-refractivity contribution in [3.63, 3.8) is 0 Å². The summed E-state index contributed by atoms with van der Waals surface area (Å²) < 4.78 is 3.17. The van der Waals surface area contributed by atoms with Crippen molar-refractivity contribution >= 4 is 27.5 Å². The quantitative estimate of drug-likeness (QED) is 0.840. The molecule has 0 radical (unpaired) electrons. The van der Waals surface area contributed by atoms with Gasteiger partial charge in [-0.3, -0.25) is 0 Å². The molecule has 2 rings (SSSR count). The first kappa shape index (κ1) is 15.5. The van der Waals surface area contributed by atoms with Gasteiger partial charge in [0.1, 0.15) is 5.82 Å². The SMILES string of the molecule is CCNC(Cc1nccn1CC)c1cc(Cl)cc(Br)c1. The standard InChI is InChI=1S/C15H19BrClN3/c1-3-18-14(10-15-19-5-6-20(15)4-2)11-7-12(16)9-13(17)8-11/h5-9,14,18H,3-4,10H2,1-2H3. The molecule has 0 saturated carbocycles. The van der Waals surface area contributed by atoms with Crippen LogP contribution >= 0.6 is 27.5 Å². The van der Waals surface area contributed by atoms with Crippen molar-refractivity contribution in [1.82, 2.24) is 14.9 Å². The van der Waals surface area contributed by atoms with Gasteiger partial charge in [0.2, 0.25) is 0 Å². The third kappa shape index (κ3) is 3.84. The Balaban J connectivity index is 2.26. The zero-order chi connectivity index (χ0) is 14.5. The number of aryl methyl sites for hydroxylation is 1. The summed E-state index contributed by atoms with van der Waals surface area (Å²) in [5.41, 5.74) is 1.18. The van der Waals surface area contributed by atoms with Crippen molar-refractivity contribution in [1.29, 1.82) is 0 Å². The topological polar surface area (TPSA) is 29.9 Å². The summed E-state index contributed by atoms with van der Waals surface area (Å²) in [6, 6.07) is 6.24. The van der Waals surface area contributed by atoms with Gasteiger partial charge >= 0.3 is 0 Å². The highest BCUT2D eigenvalue weighted by atomic mass is 79.9. The highest BCUT2D eigenvalue weighted by molar-refractivity contribution is 9.10. The summed E-state index contributed by atoms with van der Waals surface area (Å²) in [6.07, 6.45) is 4.73. The maximum atomic E-state index is 6.16. The summed E-state index contributed by atoms with van der Waals surface area (Å²) in [7, 11) is 0. The lowest BCUT2D eigenvalue weighted by Crippen LogP contribution is -2.24. The molecule has 0 spiro atoms. The molecule has 0 aliphatic rings. The van der Waals surface area contributed by atoms with E-state index < -0.39 is 0 Å². The van der Waals surface area contributed by atoms with Crippen molar-refractivity contribution in [2.24, 2.45) is 0 Å². The largest absolute Gasteiger partial charge is 0.335 e. The first-order chi connectivity index (χ1) is 9.63. The monoisotopic (exact) mass is 355 g/mol. The van der Waals surface area contributed by atoms with E-state index in [-0.39, 0.29) is 6.04 Å². The first-order valence-corrected chi connectivity index (χ1v) is 8.00. The number of rotatable bonds is 6. The Morgan fingerprint density at radius 1 is 1.35 bits per heavy atom. The van der Waals surface area contributed by atoms with Crippen LogP contribution in [0.3, 0.4) is 0 Å². The van der Waals surface area contributed by atoms with Gasteiger partial charge in [0.15, 0.2) is 0 Å². The lowest BCUT2D eigenvalue weighted by Gasteiger charge is -2.19. The molecule has 0 aliphatic carbocycles. The van der Waals surface area contributed by atoms with E-state index in [1.54, 1.807) is 0 Å². The second-order valence-corrected chi connectivity index (χ2v) is 6.00. The van der Waals surface area contributed by atoms with Gasteiger partial charge < -0.3 is 9.88 Å². The molecule has 3 nitrogen and oxygen atoms in total. The summed E-state index contributed by atoms with van der Waals surface area (Å²) in [5, 5.41) is 4.26. The van der Waals surface area contributed by atoms with E-state index in [1.807, 2.05) is 24.5 Å². The van der Waals surface area contributed by atoms with Crippen LogP contribution in [0.4, 0.5) is 0 Å². The molecule has 0 aliphatic heterocycles. The van der Waals surface area contributed by atoms with E-state index in [9.17, 15) is 0 Å². The molecule has 1 atom stereocenters. The molecule has 1 N–H and O–H groups in total. The van der Waals surface area contributed by atoms with Crippen molar-refractivity contribution in [3.8, 4) is 0 Å². The average molecular weight is 357 g/mol. The number of hydrogen-bond donors (Lipinski definition) is 1. The fourth-order valence-corrected chi connectivity index (χ4v) is 3.22. The van der Waals surface area contributed by atoms with Gasteiger partial charge in [-0.15, -0.1) is 0 Å². The normalized spacial score (nSPS) is 12.6. The maximum Gasteiger partial charge on any atom is 0.110 e. The third-order valence-electron chi connectivity index (χ3n) is 3.27. The van der Waals surface area contributed by atoms with E-state index in [0.29, 0.717) is 0 Å². The van der Waals surface area contributed by atoms with E-state index in [1.165, 1.54) is 5.56 Å². The van der Waals surface area contributed by atoms with E-state index in [2.05, 4.69) is 50.7 Å². The van der Waals surface area contributed by atoms with Gasteiger partial charge in [-0.1, -0.05) is 34.5 Å². The van der Waals surface area contributed by atoms with Gasteiger partial charge in [-0.2, -0.15) is 0 Å². The second-order valence-electron chi connectivity index (χ2n) is 4.65. The first-order valence-electron chi connectivity index (χ1n) is 6.83. The Morgan fingerprint density at radius 3 is 2.80 bits per heavy atom. The van der Waals surface area contributed by atoms with Crippen LogP contribution in [0.5, 0.6) is 0 Å². The Hall–Kier alpha value is -0.840. The number of halogens is 2. The second kappa shape index (κ2) is 7.25. The highest BCUT2D eigenvalue weighted by Crippen LogP contribution is 2.25. The Morgan fingerprint density at radius 2 is 2.15 bits per heavy atom. The van der Waals surface area contributed by atoms with Crippen LogP contribution in [-0.2, 0) is 13.0 Å². The predicted molar refractivity (Wildman–Crippen MR) is 87.2 cm³/mol. The van der Waals surface area contributed by atoms with Gasteiger partial charge in [-0.25, -0.2) is 4.98 Å². The van der Waals surface area contributed by atoms with Gasteiger partial charge in [0, 0.05) is 40.9 Å². The minimum atomic E-state index is 0.211. The molecule has 20 heavy (non-hydrogen) atoms. The Labute approximate surface area is 133 Å². The Kier molecular flexibility index (Phi) is 5.64. The maximum absolute atomic E-state index is 6.16. The number of nitrogens with zero attached hydrogens (tertiary/aromatic N) is 2. The summed E-state index contributed by atoms with van der Waals surface area (Å²) in [6.45, 7) is 6.08. The van der Waals surface area contributed by atoms with Crippen molar-refractivity contribution in [2.45, 2.75) is 32.9 Å². The van der Waals surface area contributed by atoms with Crippen LogP contribution in [-0.4, -0.2) is 16.1 Å². The third-order valence-corrected chi connectivity index (χ3v) is 3.94. The molecule has 1 heterocycles. The van der Waals surface area contributed by atoms with Crippen LogP contribution in [0.1, 0.15) is 31.3 Å². The van der Waals surface area contributed by atoms with Crippen LogP contribution in [0.15, 0.2) is 35.1 Å². The molecule has 1 unspecified atom stereocenters. The number of likely N-dealkylation sites (N-methyl/N-ethyl adjacent to an activating group) is 1. The zero-order valence-electron chi connectivity index (χ0n) is 11.7. The number of aromatic nitrogens is 2. The molecular weight excluding hydrogens is 338 g/mol. The predicted octanol–water partition coefficient (Wildman–Crippen LogP) is 4.21.